The molecule has 1 aliphatic carbocycles. The topological polar surface area (TPSA) is 46.2 Å². The maximum Gasteiger partial charge on any atom is 0.173 e. The van der Waals surface area contributed by atoms with Gasteiger partial charge in [0.2, 0.25) is 0 Å². The third kappa shape index (κ3) is 4.10. The molecule has 0 atom stereocenters. The summed E-state index contributed by atoms with van der Waals surface area (Å²) >= 11 is 0. The van der Waals surface area contributed by atoms with Crippen LogP contribution in [0.15, 0.2) is 35.5 Å². The van der Waals surface area contributed by atoms with Crippen LogP contribution in [0, 0.1) is 18.3 Å². The van der Waals surface area contributed by atoms with E-state index in [9.17, 15) is 9.59 Å². The van der Waals surface area contributed by atoms with E-state index >= 15 is 0 Å². The molecule has 1 N–H and O–H groups in total. The highest BCUT2D eigenvalue weighted by Crippen LogP contribution is 2.36. The molecule has 0 amide bonds. The summed E-state index contributed by atoms with van der Waals surface area (Å²) in [5.74, 6) is 0.277. The van der Waals surface area contributed by atoms with Gasteiger partial charge in [0.15, 0.2) is 11.6 Å². The Bertz CT molecular complexity index is 636. The molecule has 0 saturated heterocycles. The predicted molar refractivity (Wildman–Crippen MR) is 94.0 cm³/mol. The van der Waals surface area contributed by atoms with E-state index in [1.807, 2.05) is 38.1 Å². The first-order valence-corrected chi connectivity index (χ1v) is 8.21. The highest BCUT2D eigenvalue weighted by atomic mass is 16.2. The summed E-state index contributed by atoms with van der Waals surface area (Å²) in [4.78, 5) is 25.2. The fourth-order valence-corrected chi connectivity index (χ4v) is 2.82. The summed E-state index contributed by atoms with van der Waals surface area (Å²) in [5, 5.41) is 3.32. The number of hydrogen-bond donors (Lipinski definition) is 1. The molecule has 0 unspecified atom stereocenters. The molecule has 1 aromatic rings. The van der Waals surface area contributed by atoms with E-state index in [1.165, 1.54) is 0 Å². The number of carbonyl (C=O) groups is 2. The third-order valence-corrected chi connectivity index (χ3v) is 4.26. The number of ketones is 2. The molecular formula is C20H26NO2. The van der Waals surface area contributed by atoms with Crippen LogP contribution < -0.4 is 5.32 Å². The Labute approximate surface area is 139 Å². The fourth-order valence-electron chi connectivity index (χ4n) is 2.82. The summed E-state index contributed by atoms with van der Waals surface area (Å²) < 4.78 is 0. The second-order valence-electron chi connectivity index (χ2n) is 7.41. The number of carbonyl (C=O) groups excluding carboxylic acids is 2. The number of rotatable bonds is 4. The lowest BCUT2D eigenvalue weighted by Crippen LogP contribution is -2.36. The van der Waals surface area contributed by atoms with Crippen molar-refractivity contribution in [1.82, 2.24) is 0 Å². The average molecular weight is 312 g/mol. The molecule has 0 aliphatic heterocycles. The lowest BCUT2D eigenvalue weighted by molar-refractivity contribution is -0.130. The molecule has 23 heavy (non-hydrogen) atoms. The minimum Gasteiger partial charge on any atom is -0.358 e. The first kappa shape index (κ1) is 17.5. The Morgan fingerprint density at radius 1 is 1.22 bits per heavy atom. The molecular weight excluding hydrogens is 286 g/mol. The van der Waals surface area contributed by atoms with Gasteiger partial charge in [-0.15, -0.1) is 0 Å². The Kier molecular flexibility index (Phi) is 5.08. The van der Waals surface area contributed by atoms with Gasteiger partial charge in [-0.25, -0.2) is 0 Å². The van der Waals surface area contributed by atoms with Crippen molar-refractivity contribution in [2.75, 3.05) is 5.32 Å². The van der Waals surface area contributed by atoms with Gasteiger partial charge in [0, 0.05) is 23.2 Å². The Hall–Kier alpha value is -1.90. The minimum absolute atomic E-state index is 0.0359. The van der Waals surface area contributed by atoms with Gasteiger partial charge in [0.25, 0.3) is 0 Å². The van der Waals surface area contributed by atoms with E-state index in [2.05, 4.69) is 26.1 Å². The van der Waals surface area contributed by atoms with E-state index < -0.39 is 5.41 Å². The van der Waals surface area contributed by atoms with Crippen LogP contribution in [-0.2, 0) is 9.59 Å². The van der Waals surface area contributed by atoms with Crippen molar-refractivity contribution in [3.8, 4) is 0 Å². The van der Waals surface area contributed by atoms with Crippen LogP contribution in [0.3, 0.4) is 0 Å². The maximum absolute atomic E-state index is 12.8. The largest absolute Gasteiger partial charge is 0.358 e. The number of nitrogens with one attached hydrogen (secondary N) is 1. The van der Waals surface area contributed by atoms with Gasteiger partial charge in [0.1, 0.15) is 0 Å². The van der Waals surface area contributed by atoms with Gasteiger partial charge < -0.3 is 5.32 Å². The summed E-state index contributed by atoms with van der Waals surface area (Å²) in [7, 11) is 0. The molecule has 1 saturated carbocycles. The van der Waals surface area contributed by atoms with E-state index in [-0.39, 0.29) is 11.6 Å². The Morgan fingerprint density at radius 3 is 2.39 bits per heavy atom. The molecule has 0 spiro atoms. The Morgan fingerprint density at radius 2 is 1.83 bits per heavy atom. The van der Waals surface area contributed by atoms with Gasteiger partial charge in [-0.3, -0.25) is 9.59 Å². The second-order valence-corrected chi connectivity index (χ2v) is 7.41. The number of anilines is 1. The second kappa shape index (κ2) is 6.69. The molecule has 3 heteroatoms. The standard InChI is InChI=1S/C20H26NO2/c1-13(2)12-16(21-15-8-6-14(3)7-9-15)18-17(22)10-11-20(4,5)19(18)23/h6-9,13,21H,3,10-12H2,1-2,4-5H3. The summed E-state index contributed by atoms with van der Waals surface area (Å²) in [6.45, 7) is 11.9. The highest BCUT2D eigenvalue weighted by Gasteiger charge is 2.39. The van der Waals surface area contributed by atoms with Gasteiger partial charge in [-0.1, -0.05) is 39.8 Å². The molecule has 1 aromatic carbocycles. The summed E-state index contributed by atoms with van der Waals surface area (Å²) in [5.41, 5.74) is 2.46. The number of allylic oxidation sites excluding steroid dienone is 2. The zero-order valence-electron chi connectivity index (χ0n) is 14.5. The van der Waals surface area contributed by atoms with Crippen molar-refractivity contribution in [1.29, 1.82) is 0 Å². The van der Waals surface area contributed by atoms with E-state index in [0.29, 0.717) is 30.8 Å². The van der Waals surface area contributed by atoms with Crippen LogP contribution in [0.2, 0.25) is 0 Å². The van der Waals surface area contributed by atoms with Crippen LogP contribution in [0.1, 0.15) is 52.5 Å². The number of benzene rings is 1. The average Bonchev–Trinajstić information content (AvgIpc) is 2.46. The van der Waals surface area contributed by atoms with E-state index in [1.54, 1.807) is 0 Å². The molecule has 2 rings (SSSR count). The zero-order valence-corrected chi connectivity index (χ0v) is 14.5. The predicted octanol–water partition coefficient (Wildman–Crippen LogP) is 4.54. The quantitative estimate of drug-likeness (QED) is 0.656. The van der Waals surface area contributed by atoms with Gasteiger partial charge in [-0.05, 0) is 43.4 Å². The lowest BCUT2D eigenvalue weighted by Gasteiger charge is -2.30. The first-order chi connectivity index (χ1) is 10.7. The first-order valence-electron chi connectivity index (χ1n) is 8.21. The zero-order chi connectivity index (χ0) is 17.2. The highest BCUT2D eigenvalue weighted by molar-refractivity contribution is 6.24. The monoisotopic (exact) mass is 312 g/mol. The van der Waals surface area contributed by atoms with Crippen molar-refractivity contribution >= 4 is 17.3 Å². The fraction of sp³-hybridized carbons (Fsp3) is 0.450. The van der Waals surface area contributed by atoms with Crippen molar-refractivity contribution in [3.05, 3.63) is 48.0 Å². The molecule has 0 aromatic heterocycles. The Balaban J connectivity index is 2.44. The molecule has 0 bridgehead atoms. The van der Waals surface area contributed by atoms with Crippen LogP contribution in [0.5, 0.6) is 0 Å². The molecule has 1 aliphatic rings. The maximum atomic E-state index is 12.8. The van der Waals surface area contributed by atoms with Crippen molar-refractivity contribution in [2.24, 2.45) is 11.3 Å². The summed E-state index contributed by atoms with van der Waals surface area (Å²) in [6, 6.07) is 7.67. The molecule has 0 heterocycles. The van der Waals surface area contributed by atoms with Gasteiger partial charge in [-0.2, -0.15) is 0 Å². The van der Waals surface area contributed by atoms with Crippen LogP contribution >= 0.6 is 0 Å². The molecule has 3 nitrogen and oxygen atoms in total. The van der Waals surface area contributed by atoms with E-state index in [4.69, 9.17) is 0 Å². The van der Waals surface area contributed by atoms with E-state index in [0.717, 1.165) is 16.9 Å². The third-order valence-electron chi connectivity index (χ3n) is 4.26. The van der Waals surface area contributed by atoms with Crippen molar-refractivity contribution in [3.63, 3.8) is 0 Å². The number of hydrogen-bond acceptors (Lipinski definition) is 3. The lowest BCUT2D eigenvalue weighted by atomic mass is 9.72. The molecule has 123 valence electrons. The van der Waals surface area contributed by atoms with Crippen LogP contribution in [-0.4, -0.2) is 11.6 Å². The van der Waals surface area contributed by atoms with Crippen LogP contribution in [0.4, 0.5) is 5.69 Å². The molecule has 1 radical (unpaired) electrons. The van der Waals surface area contributed by atoms with Gasteiger partial charge in [0.05, 0.1) is 5.57 Å². The minimum atomic E-state index is -0.468. The molecule has 1 fully saturated rings. The number of Topliss-reactive ketones (excluding diaryl/α,β-unsaturated/α-hetero) is 2. The van der Waals surface area contributed by atoms with Gasteiger partial charge >= 0.3 is 0 Å². The van der Waals surface area contributed by atoms with Crippen LogP contribution in [0.25, 0.3) is 0 Å². The smallest absolute Gasteiger partial charge is 0.173 e. The normalized spacial score (nSPS) is 19.9. The summed E-state index contributed by atoms with van der Waals surface area (Å²) in [6.07, 6.45) is 1.74. The van der Waals surface area contributed by atoms with Crippen molar-refractivity contribution in [2.45, 2.75) is 47.0 Å². The SMILES string of the molecule is [CH2]c1ccc(NC(CC(C)C)=C2C(=O)CCC(C)(C)C2=O)cc1. The van der Waals surface area contributed by atoms with Crippen molar-refractivity contribution < 1.29 is 9.59 Å².